The van der Waals surface area contributed by atoms with Crippen molar-refractivity contribution in [1.29, 1.82) is 0 Å². The van der Waals surface area contributed by atoms with Gasteiger partial charge in [-0.15, -0.1) is 0 Å². The van der Waals surface area contributed by atoms with E-state index in [1.807, 2.05) is 6.92 Å². The van der Waals surface area contributed by atoms with Gasteiger partial charge in [0.2, 0.25) is 0 Å². The lowest BCUT2D eigenvalue weighted by Crippen LogP contribution is -2.44. The van der Waals surface area contributed by atoms with E-state index in [9.17, 15) is 8.42 Å². The number of oxime groups is 1. The molecule has 17 heavy (non-hydrogen) atoms. The standard InChI is InChI=1S/C8H15N5O3S/c1-2-3-6(8(9)12-14)13-17(15,16)7-4-5-10-11-7/h4-6,13-14H,2-3H2,1H3,(H2,9,12)(H,10,11). The molecule has 8 nitrogen and oxygen atoms in total. The summed E-state index contributed by atoms with van der Waals surface area (Å²) in [4.78, 5) is 0. The Morgan fingerprint density at radius 1 is 1.76 bits per heavy atom. The highest BCUT2D eigenvalue weighted by molar-refractivity contribution is 7.89. The van der Waals surface area contributed by atoms with Crippen LogP contribution >= 0.6 is 0 Å². The van der Waals surface area contributed by atoms with Gasteiger partial charge in [-0.3, -0.25) is 5.10 Å². The van der Waals surface area contributed by atoms with Gasteiger partial charge in [0.15, 0.2) is 10.9 Å². The molecule has 1 aromatic heterocycles. The number of nitrogens with zero attached hydrogens (tertiary/aromatic N) is 2. The molecule has 0 saturated heterocycles. The minimum Gasteiger partial charge on any atom is -0.409 e. The molecule has 0 fully saturated rings. The SMILES string of the molecule is CCCC(NS(=O)(=O)c1ccn[nH]1)C(N)=NO. The topological polar surface area (TPSA) is 133 Å². The summed E-state index contributed by atoms with van der Waals surface area (Å²) >= 11 is 0. The first-order valence-corrected chi connectivity index (χ1v) is 6.48. The molecule has 0 bridgehead atoms. The molecule has 0 saturated carbocycles. The number of H-pyrrole nitrogens is 1. The Balaban J connectivity index is 2.87. The van der Waals surface area contributed by atoms with Crippen LogP contribution in [0.2, 0.25) is 0 Å². The van der Waals surface area contributed by atoms with Crippen LogP contribution in [0.5, 0.6) is 0 Å². The normalized spacial score (nSPS) is 14.8. The van der Waals surface area contributed by atoms with Gasteiger partial charge in [0.05, 0.1) is 12.2 Å². The fourth-order valence-electron chi connectivity index (χ4n) is 1.27. The molecular formula is C8H15N5O3S. The quantitative estimate of drug-likeness (QED) is 0.239. The van der Waals surface area contributed by atoms with Crippen molar-refractivity contribution in [2.75, 3.05) is 0 Å². The molecule has 0 aliphatic carbocycles. The van der Waals surface area contributed by atoms with Gasteiger partial charge in [-0.1, -0.05) is 18.5 Å². The average Bonchev–Trinajstić information content (AvgIpc) is 2.81. The number of hydrogen-bond acceptors (Lipinski definition) is 5. The van der Waals surface area contributed by atoms with E-state index < -0.39 is 16.1 Å². The Bertz CT molecular complexity index is 467. The Hall–Kier alpha value is -1.61. The first kappa shape index (κ1) is 13.5. The Labute approximate surface area is 98.9 Å². The zero-order chi connectivity index (χ0) is 12.9. The van der Waals surface area contributed by atoms with Gasteiger partial charge in [-0.25, -0.2) is 8.42 Å². The van der Waals surface area contributed by atoms with Crippen LogP contribution in [0.25, 0.3) is 0 Å². The van der Waals surface area contributed by atoms with Crippen LogP contribution in [0.3, 0.4) is 0 Å². The number of rotatable bonds is 6. The average molecular weight is 261 g/mol. The second-order valence-corrected chi connectivity index (χ2v) is 5.09. The first-order valence-electron chi connectivity index (χ1n) is 5.00. The van der Waals surface area contributed by atoms with Gasteiger partial charge in [-0.05, 0) is 12.5 Å². The number of aromatic amines is 1. The molecule has 0 amide bonds. The molecule has 0 aliphatic rings. The summed E-state index contributed by atoms with van der Waals surface area (Å²) in [5, 5.41) is 17.2. The molecule has 9 heteroatoms. The fraction of sp³-hybridized carbons (Fsp3) is 0.500. The zero-order valence-corrected chi connectivity index (χ0v) is 10.1. The van der Waals surface area contributed by atoms with Crippen molar-refractivity contribution in [3.63, 3.8) is 0 Å². The van der Waals surface area contributed by atoms with Gasteiger partial charge in [0.25, 0.3) is 10.0 Å². The number of hydrogen-bond donors (Lipinski definition) is 4. The minimum absolute atomic E-state index is 0.0654. The van der Waals surface area contributed by atoms with Crippen molar-refractivity contribution in [2.24, 2.45) is 10.9 Å². The Kier molecular flexibility index (Phi) is 4.46. The van der Waals surface area contributed by atoms with Crippen molar-refractivity contribution in [2.45, 2.75) is 30.8 Å². The van der Waals surface area contributed by atoms with Crippen LogP contribution < -0.4 is 10.5 Å². The molecule has 1 heterocycles. The highest BCUT2D eigenvalue weighted by Crippen LogP contribution is 2.06. The van der Waals surface area contributed by atoms with E-state index in [1.54, 1.807) is 0 Å². The smallest absolute Gasteiger partial charge is 0.258 e. The van der Waals surface area contributed by atoms with E-state index >= 15 is 0 Å². The van der Waals surface area contributed by atoms with Crippen molar-refractivity contribution in [3.8, 4) is 0 Å². The minimum atomic E-state index is -3.73. The molecule has 1 aromatic rings. The van der Waals surface area contributed by atoms with Gasteiger partial charge in [-0.2, -0.15) is 9.82 Å². The number of aromatic nitrogens is 2. The molecule has 5 N–H and O–H groups in total. The monoisotopic (exact) mass is 261 g/mol. The lowest BCUT2D eigenvalue weighted by Gasteiger charge is -2.15. The lowest BCUT2D eigenvalue weighted by atomic mass is 10.2. The molecule has 0 radical (unpaired) electrons. The van der Waals surface area contributed by atoms with Crippen LogP contribution in [0.15, 0.2) is 22.4 Å². The van der Waals surface area contributed by atoms with Crippen molar-refractivity contribution in [1.82, 2.24) is 14.9 Å². The van der Waals surface area contributed by atoms with E-state index in [0.29, 0.717) is 12.8 Å². The second kappa shape index (κ2) is 5.64. The summed E-state index contributed by atoms with van der Waals surface area (Å²) in [5.74, 6) is -0.171. The molecule has 1 atom stereocenters. The molecule has 0 aromatic carbocycles. The molecule has 1 rings (SSSR count). The molecule has 1 unspecified atom stereocenters. The molecule has 0 aliphatic heterocycles. The van der Waals surface area contributed by atoms with Crippen molar-refractivity contribution in [3.05, 3.63) is 12.3 Å². The van der Waals surface area contributed by atoms with Crippen LogP contribution in [-0.4, -0.2) is 35.7 Å². The zero-order valence-electron chi connectivity index (χ0n) is 9.29. The summed E-state index contributed by atoms with van der Waals surface area (Å²) in [6.07, 6.45) is 2.45. The first-order chi connectivity index (χ1) is 8.01. The molecule has 0 spiro atoms. The molecule has 96 valence electrons. The predicted molar refractivity (Wildman–Crippen MR) is 61.0 cm³/mol. The van der Waals surface area contributed by atoms with E-state index in [2.05, 4.69) is 20.1 Å². The lowest BCUT2D eigenvalue weighted by molar-refractivity contribution is 0.315. The maximum absolute atomic E-state index is 11.8. The van der Waals surface area contributed by atoms with Crippen LogP contribution in [-0.2, 0) is 10.0 Å². The fourth-order valence-corrected chi connectivity index (χ4v) is 2.42. The number of nitrogens with one attached hydrogen (secondary N) is 2. The predicted octanol–water partition coefficient (Wildman–Crippen LogP) is -0.397. The number of nitrogens with two attached hydrogens (primary N) is 1. The van der Waals surface area contributed by atoms with Gasteiger partial charge in [0.1, 0.15) is 0 Å². The van der Waals surface area contributed by atoms with Gasteiger partial charge in [0, 0.05) is 0 Å². The van der Waals surface area contributed by atoms with E-state index in [4.69, 9.17) is 10.9 Å². The number of amidine groups is 1. The summed E-state index contributed by atoms with van der Waals surface area (Å²) in [5.41, 5.74) is 5.41. The summed E-state index contributed by atoms with van der Waals surface area (Å²) in [7, 11) is -3.73. The maximum atomic E-state index is 11.8. The Morgan fingerprint density at radius 2 is 2.47 bits per heavy atom. The van der Waals surface area contributed by atoms with Crippen molar-refractivity contribution >= 4 is 15.9 Å². The third kappa shape index (κ3) is 3.43. The van der Waals surface area contributed by atoms with Crippen molar-refractivity contribution < 1.29 is 13.6 Å². The maximum Gasteiger partial charge on any atom is 0.258 e. The van der Waals surface area contributed by atoms with Gasteiger partial charge >= 0.3 is 0 Å². The van der Waals surface area contributed by atoms with Gasteiger partial charge < -0.3 is 10.9 Å². The highest BCUT2D eigenvalue weighted by Gasteiger charge is 2.23. The third-order valence-corrected chi connectivity index (χ3v) is 3.51. The van der Waals surface area contributed by atoms with Crippen LogP contribution in [0, 0.1) is 0 Å². The summed E-state index contributed by atoms with van der Waals surface area (Å²) in [6, 6.07) is 0.579. The van der Waals surface area contributed by atoms with Crippen LogP contribution in [0.4, 0.5) is 0 Å². The molecular weight excluding hydrogens is 246 g/mol. The largest absolute Gasteiger partial charge is 0.409 e. The Morgan fingerprint density at radius 3 is 2.94 bits per heavy atom. The second-order valence-electron chi connectivity index (χ2n) is 3.41. The van der Waals surface area contributed by atoms with E-state index in [1.165, 1.54) is 12.3 Å². The van der Waals surface area contributed by atoms with E-state index in [0.717, 1.165) is 0 Å². The van der Waals surface area contributed by atoms with Crippen LogP contribution in [0.1, 0.15) is 19.8 Å². The highest BCUT2D eigenvalue weighted by atomic mass is 32.2. The third-order valence-electron chi connectivity index (χ3n) is 2.11. The number of sulfonamides is 1. The van der Waals surface area contributed by atoms with E-state index in [-0.39, 0.29) is 10.9 Å². The summed E-state index contributed by atoms with van der Waals surface area (Å²) in [6.45, 7) is 1.86. The summed E-state index contributed by atoms with van der Waals surface area (Å²) < 4.78 is 26.0.